The normalized spacial score (nSPS) is 11.3. The summed E-state index contributed by atoms with van der Waals surface area (Å²) in [5.74, 6) is -1.83. The number of carboxylic acids is 2. The van der Waals surface area contributed by atoms with Gasteiger partial charge in [-0.2, -0.15) is 0 Å². The van der Waals surface area contributed by atoms with Crippen LogP contribution in [0.5, 0.6) is 0 Å². The molecule has 0 aromatic heterocycles. The zero-order valence-electron chi connectivity index (χ0n) is 10.9. The third-order valence-corrected chi connectivity index (χ3v) is 2.63. The topological polar surface area (TPSA) is 74.6 Å². The van der Waals surface area contributed by atoms with E-state index in [9.17, 15) is 9.59 Å². The Labute approximate surface area is 106 Å². The molecule has 1 rings (SSSR count). The standard InChI is InChI=1S/C14H18O4/c1-14(2,3)11-5-9(7-12(15)16)4-10(6-11)8-13(17)18/h4-6H,7-8H2,1-3H3,(H,15,16)(H,17,18). The summed E-state index contributed by atoms with van der Waals surface area (Å²) in [6.45, 7) is 6.03. The van der Waals surface area contributed by atoms with Crippen molar-refractivity contribution in [3.8, 4) is 0 Å². The van der Waals surface area contributed by atoms with Crippen LogP contribution in [0.15, 0.2) is 18.2 Å². The van der Waals surface area contributed by atoms with Crippen LogP contribution in [0.1, 0.15) is 37.5 Å². The van der Waals surface area contributed by atoms with Gasteiger partial charge in [0.15, 0.2) is 0 Å². The highest BCUT2D eigenvalue weighted by atomic mass is 16.4. The van der Waals surface area contributed by atoms with Gasteiger partial charge < -0.3 is 10.2 Å². The monoisotopic (exact) mass is 250 g/mol. The van der Waals surface area contributed by atoms with Crippen LogP contribution in [0.4, 0.5) is 0 Å². The first-order chi connectivity index (χ1) is 8.18. The van der Waals surface area contributed by atoms with Gasteiger partial charge in [0.1, 0.15) is 0 Å². The van der Waals surface area contributed by atoms with E-state index in [1.54, 1.807) is 6.07 Å². The van der Waals surface area contributed by atoms with E-state index in [4.69, 9.17) is 10.2 Å². The number of benzene rings is 1. The molecule has 0 aliphatic rings. The molecule has 0 fully saturated rings. The molecule has 0 radical (unpaired) electrons. The minimum atomic E-state index is -0.915. The highest BCUT2D eigenvalue weighted by Gasteiger charge is 2.16. The molecule has 18 heavy (non-hydrogen) atoms. The van der Waals surface area contributed by atoms with E-state index in [1.807, 2.05) is 32.9 Å². The Hall–Kier alpha value is -1.84. The maximum atomic E-state index is 10.7. The fraction of sp³-hybridized carbons (Fsp3) is 0.429. The van der Waals surface area contributed by atoms with Crippen LogP contribution in [0, 0.1) is 0 Å². The molecular formula is C14H18O4. The van der Waals surface area contributed by atoms with Gasteiger partial charge in [-0.25, -0.2) is 0 Å². The second-order valence-corrected chi connectivity index (χ2v) is 5.43. The van der Waals surface area contributed by atoms with Crippen molar-refractivity contribution in [3.05, 3.63) is 34.9 Å². The summed E-state index contributed by atoms with van der Waals surface area (Å²) in [5.41, 5.74) is 2.11. The van der Waals surface area contributed by atoms with Crippen LogP contribution in [0.25, 0.3) is 0 Å². The SMILES string of the molecule is CC(C)(C)c1cc(CC(=O)O)cc(CC(=O)O)c1. The Balaban J connectivity index is 3.19. The minimum Gasteiger partial charge on any atom is -0.481 e. The van der Waals surface area contributed by atoms with Crippen molar-refractivity contribution in [3.63, 3.8) is 0 Å². The van der Waals surface area contributed by atoms with Crippen molar-refractivity contribution < 1.29 is 19.8 Å². The Kier molecular flexibility index (Phi) is 4.11. The Morgan fingerprint density at radius 3 is 1.61 bits per heavy atom. The van der Waals surface area contributed by atoms with E-state index in [1.165, 1.54) is 0 Å². The molecule has 2 N–H and O–H groups in total. The highest BCUT2D eigenvalue weighted by molar-refractivity contribution is 5.72. The van der Waals surface area contributed by atoms with Crippen molar-refractivity contribution in [2.75, 3.05) is 0 Å². The first-order valence-corrected chi connectivity index (χ1v) is 5.75. The fourth-order valence-corrected chi connectivity index (χ4v) is 1.75. The third kappa shape index (κ3) is 4.20. The predicted molar refractivity (Wildman–Crippen MR) is 67.8 cm³/mol. The summed E-state index contributed by atoms with van der Waals surface area (Å²) in [6.07, 6.45) is -0.174. The zero-order valence-corrected chi connectivity index (χ0v) is 10.9. The molecule has 1 aromatic rings. The maximum absolute atomic E-state index is 10.7. The molecular weight excluding hydrogens is 232 g/mol. The lowest BCUT2D eigenvalue weighted by Crippen LogP contribution is -2.14. The summed E-state index contributed by atoms with van der Waals surface area (Å²) in [6, 6.07) is 5.32. The van der Waals surface area contributed by atoms with Gasteiger partial charge in [-0.05, 0) is 22.1 Å². The maximum Gasteiger partial charge on any atom is 0.307 e. The van der Waals surface area contributed by atoms with Crippen LogP contribution in [0.2, 0.25) is 0 Å². The van der Waals surface area contributed by atoms with Gasteiger partial charge in [0, 0.05) is 0 Å². The highest BCUT2D eigenvalue weighted by Crippen LogP contribution is 2.25. The Morgan fingerprint density at radius 1 is 0.944 bits per heavy atom. The first-order valence-electron chi connectivity index (χ1n) is 5.75. The van der Waals surface area contributed by atoms with Gasteiger partial charge in [0.05, 0.1) is 12.8 Å². The summed E-state index contributed by atoms with van der Waals surface area (Å²) in [5, 5.41) is 17.6. The number of carbonyl (C=O) groups is 2. The van der Waals surface area contributed by atoms with Crippen molar-refractivity contribution >= 4 is 11.9 Å². The lowest BCUT2D eigenvalue weighted by atomic mass is 9.84. The molecule has 0 aliphatic carbocycles. The second kappa shape index (κ2) is 5.21. The van der Waals surface area contributed by atoms with Gasteiger partial charge in [-0.1, -0.05) is 39.0 Å². The van der Waals surface area contributed by atoms with Crippen LogP contribution >= 0.6 is 0 Å². The van der Waals surface area contributed by atoms with E-state index in [2.05, 4.69) is 0 Å². The van der Waals surface area contributed by atoms with E-state index in [0.29, 0.717) is 11.1 Å². The molecule has 0 aliphatic heterocycles. The smallest absolute Gasteiger partial charge is 0.307 e. The lowest BCUT2D eigenvalue weighted by molar-refractivity contribution is -0.137. The van der Waals surface area contributed by atoms with Crippen molar-refractivity contribution in [1.82, 2.24) is 0 Å². The van der Waals surface area contributed by atoms with Crippen LogP contribution in [0.3, 0.4) is 0 Å². The van der Waals surface area contributed by atoms with Crippen LogP contribution in [-0.2, 0) is 27.8 Å². The zero-order chi connectivity index (χ0) is 13.9. The molecule has 0 saturated heterocycles. The van der Waals surface area contributed by atoms with Gasteiger partial charge in [-0.3, -0.25) is 9.59 Å². The number of rotatable bonds is 4. The lowest BCUT2D eigenvalue weighted by Gasteiger charge is -2.21. The fourth-order valence-electron chi connectivity index (χ4n) is 1.75. The van der Waals surface area contributed by atoms with Crippen molar-refractivity contribution in [2.45, 2.75) is 39.0 Å². The van der Waals surface area contributed by atoms with Crippen LogP contribution < -0.4 is 0 Å². The van der Waals surface area contributed by atoms with Crippen LogP contribution in [-0.4, -0.2) is 22.2 Å². The molecule has 0 spiro atoms. The number of aliphatic carboxylic acids is 2. The summed E-state index contributed by atoms with van der Waals surface area (Å²) < 4.78 is 0. The molecule has 4 heteroatoms. The molecule has 0 heterocycles. The van der Waals surface area contributed by atoms with E-state index >= 15 is 0 Å². The number of carboxylic acid groups (broad SMARTS) is 2. The van der Waals surface area contributed by atoms with Gasteiger partial charge in [0.2, 0.25) is 0 Å². The predicted octanol–water partition coefficient (Wildman–Crippen LogP) is 2.24. The molecule has 0 amide bonds. The summed E-state index contributed by atoms with van der Waals surface area (Å²) >= 11 is 0. The van der Waals surface area contributed by atoms with Crippen molar-refractivity contribution in [2.24, 2.45) is 0 Å². The molecule has 4 nitrogen and oxygen atoms in total. The Morgan fingerprint density at radius 2 is 1.33 bits per heavy atom. The average Bonchev–Trinajstić information content (AvgIpc) is 2.13. The minimum absolute atomic E-state index is 0.0868. The summed E-state index contributed by atoms with van der Waals surface area (Å²) in [4.78, 5) is 21.5. The largest absolute Gasteiger partial charge is 0.481 e. The van der Waals surface area contributed by atoms with Gasteiger partial charge in [0.25, 0.3) is 0 Å². The number of hydrogen-bond donors (Lipinski definition) is 2. The number of hydrogen-bond acceptors (Lipinski definition) is 2. The molecule has 0 atom stereocenters. The van der Waals surface area contributed by atoms with Gasteiger partial charge in [-0.15, -0.1) is 0 Å². The molecule has 98 valence electrons. The molecule has 0 saturated carbocycles. The molecule has 1 aromatic carbocycles. The van der Waals surface area contributed by atoms with E-state index < -0.39 is 11.9 Å². The van der Waals surface area contributed by atoms with E-state index in [0.717, 1.165) is 5.56 Å². The average molecular weight is 250 g/mol. The third-order valence-electron chi connectivity index (χ3n) is 2.63. The first kappa shape index (κ1) is 14.2. The van der Waals surface area contributed by atoms with E-state index in [-0.39, 0.29) is 18.3 Å². The summed E-state index contributed by atoms with van der Waals surface area (Å²) in [7, 11) is 0. The van der Waals surface area contributed by atoms with Crippen molar-refractivity contribution in [1.29, 1.82) is 0 Å². The Bertz CT molecular complexity index is 435. The molecule has 0 unspecified atom stereocenters. The van der Waals surface area contributed by atoms with Gasteiger partial charge >= 0.3 is 11.9 Å². The molecule has 0 bridgehead atoms. The second-order valence-electron chi connectivity index (χ2n) is 5.43. The quantitative estimate of drug-likeness (QED) is 0.859.